The zero-order valence-electron chi connectivity index (χ0n) is 24.1. The third kappa shape index (κ3) is 7.56. The van der Waals surface area contributed by atoms with Gasteiger partial charge in [0.05, 0.1) is 0 Å². The van der Waals surface area contributed by atoms with Crippen LogP contribution in [0.5, 0.6) is 0 Å². The van der Waals surface area contributed by atoms with Crippen LogP contribution in [0.2, 0.25) is 0 Å². The normalized spacial score (nSPS) is 22.2. The molecule has 251 valence electrons. The number of aliphatic imine (C=N–C) groups is 2. The van der Waals surface area contributed by atoms with E-state index in [0.717, 1.165) is 57.2 Å². The molecule has 0 aliphatic heterocycles. The van der Waals surface area contributed by atoms with Crippen molar-refractivity contribution in [3.8, 4) is 0 Å². The minimum absolute atomic E-state index is 0. The summed E-state index contributed by atoms with van der Waals surface area (Å²) in [6, 6.07) is 0. The van der Waals surface area contributed by atoms with Gasteiger partial charge in [0.25, 0.3) is 0 Å². The summed E-state index contributed by atoms with van der Waals surface area (Å²) in [5.74, 6) is 3.32. The first-order valence-electron chi connectivity index (χ1n) is 13.0. The van der Waals surface area contributed by atoms with Crippen LogP contribution < -0.4 is 21.2 Å². The minimum Gasteiger partial charge on any atom is 0 e. The van der Waals surface area contributed by atoms with Crippen molar-refractivity contribution >= 4 is 41.5 Å². The number of azo groups is 1. The molecule has 0 fully saturated rings. The molecule has 14 heteroatoms. The van der Waals surface area contributed by atoms with Gasteiger partial charge in [-0.3, -0.25) is 5.11 Å². The van der Waals surface area contributed by atoms with E-state index in [1.165, 1.54) is 5.92 Å². The van der Waals surface area contributed by atoms with Crippen molar-refractivity contribution in [3.05, 3.63) is 148 Å². The molecule has 8 nitrogen and oxygen atoms in total. The van der Waals surface area contributed by atoms with Crippen molar-refractivity contribution in [3.63, 3.8) is 0 Å². The maximum absolute atomic E-state index is 4.91. The minimum atomic E-state index is -0.502. The molecular weight excluding hydrogens is 1450 g/mol. The molecule has 0 bridgehead atoms. The van der Waals surface area contributed by atoms with Crippen molar-refractivity contribution in [1.29, 1.82) is 0 Å². The molecule has 0 saturated heterocycles. The molecule has 0 amide bonds. The fourth-order valence-corrected chi connectivity index (χ4v) is 6.35. The molecule has 1 atom stereocenters. The Balaban J connectivity index is 0.00000235. The average molecular weight is 1480 g/mol. The van der Waals surface area contributed by atoms with Crippen LogP contribution in [0.3, 0.4) is 0 Å². The zero-order valence-corrected chi connectivity index (χ0v) is 35.0. The second-order valence-corrected chi connectivity index (χ2v) is 12.1. The molecule has 7 radical (unpaired) electrons. The summed E-state index contributed by atoms with van der Waals surface area (Å²) in [6.45, 7) is 6.26. The van der Waals surface area contributed by atoms with Crippen LogP contribution in [-0.2, 0) is 0 Å². The van der Waals surface area contributed by atoms with Crippen molar-refractivity contribution in [1.82, 2.24) is 0 Å². The third-order valence-corrected chi connectivity index (χ3v) is 8.37. The molecule has 0 aromatic carbocycles. The molecule has 0 aromatic rings. The second kappa shape index (κ2) is 15.2. The first-order valence-corrected chi connectivity index (χ1v) is 16.5. The van der Waals surface area contributed by atoms with Gasteiger partial charge < -0.3 is 4.10 Å². The van der Waals surface area contributed by atoms with Gasteiger partial charge in [-0.25, -0.2) is 0 Å². The number of rotatable bonds is 8. The van der Waals surface area contributed by atoms with E-state index in [9.17, 15) is 0 Å². The second-order valence-electron chi connectivity index (χ2n) is 9.82. The van der Waals surface area contributed by atoms with E-state index in [1.54, 1.807) is 0 Å². The van der Waals surface area contributed by atoms with Gasteiger partial charge in [-0.1, -0.05) is 0 Å². The topological polar surface area (TPSA) is 98.9 Å². The molecule has 45 heavy (non-hydrogen) atoms. The van der Waals surface area contributed by atoms with Crippen molar-refractivity contribution in [2.24, 2.45) is 44.1 Å². The summed E-state index contributed by atoms with van der Waals surface area (Å²) in [5.41, 5.74) is 6.86. The Kier molecular flexibility index (Phi) is 11.8. The molecule has 0 aromatic heterocycles. The molecule has 0 N–H and O–H groups in total. The zero-order chi connectivity index (χ0) is 29.5. The van der Waals surface area contributed by atoms with E-state index in [4.69, 9.17) is 10.1 Å². The van der Waals surface area contributed by atoms with E-state index < -0.39 is 21.2 Å². The van der Waals surface area contributed by atoms with E-state index in [1.807, 2.05) is 83.1 Å². The molecule has 5 aliphatic rings. The number of hydrogen-bond donors (Lipinski definition) is 0. The summed E-state index contributed by atoms with van der Waals surface area (Å²) < 4.78 is 11.5. The first kappa shape index (κ1) is 34.9. The Labute approximate surface area is 273 Å². The van der Waals surface area contributed by atoms with E-state index in [2.05, 4.69) is 92.8 Å². The van der Waals surface area contributed by atoms with Crippen molar-refractivity contribution < 1.29 is 21.2 Å². The van der Waals surface area contributed by atoms with Crippen LogP contribution in [0.4, 0.5) is 0 Å². The van der Waals surface area contributed by atoms with Gasteiger partial charge in [-0.2, -0.15) is 0 Å². The smallest absolute Gasteiger partial charge is 0 e. The van der Waals surface area contributed by atoms with Gasteiger partial charge in [0, 0.05) is 0 Å². The van der Waals surface area contributed by atoms with Crippen LogP contribution in [0.1, 0.15) is 20.8 Å². The van der Waals surface area contributed by atoms with E-state index >= 15 is 0 Å². The largest absolute Gasteiger partial charge is 0 e. The maximum atomic E-state index is 4.91. The predicted octanol–water partition coefficient (Wildman–Crippen LogP) is 4.32. The molecule has 0 spiro atoms. The Hall–Kier alpha value is -6.32. The summed E-state index contributed by atoms with van der Waals surface area (Å²) in [7, 11) is 0. The van der Waals surface area contributed by atoms with Crippen LogP contribution in [-0.4, -0.2) is 41.5 Å². The Morgan fingerprint density at radius 2 is 1.07 bits per heavy atom. The molecule has 1 unspecified atom stereocenters. The van der Waals surface area contributed by atoms with Crippen LogP contribution in [0.15, 0.2) is 169 Å². The summed E-state index contributed by atoms with van der Waals surface area (Å²) in [6.07, 6.45) is 28.3. The fraction of sp³-hybridized carbons (Fsp3) is 0.129. The summed E-state index contributed by atoms with van der Waals surface area (Å²) in [4.78, 5) is 9.57. The van der Waals surface area contributed by atoms with Crippen LogP contribution in [0, 0.1) is 23.2 Å². The SMILES string of the molecule is C[C-]1C=C(N=C[I-]C=NC2=C3C=C[C-]4C=CC(=C(N=NC5=C[C-](C)C=C(N=[N][Al])C=C5)C=C2)C34C)C=CC(N=[N][Al])=C1.[Lr].[Lr].[Lr]. The maximum Gasteiger partial charge on any atom is 0 e. The summed E-state index contributed by atoms with van der Waals surface area (Å²) >= 11 is 4.00. The third-order valence-electron chi connectivity index (χ3n) is 6.93. The number of nitrogens with zero attached hydrogens (tertiary/aromatic N) is 8. The molecular formula is C31H25Al2ILr3N8-4. The number of halogens is 1. The van der Waals surface area contributed by atoms with Crippen molar-refractivity contribution in [2.75, 3.05) is 0 Å². The van der Waals surface area contributed by atoms with Crippen LogP contribution in [0.25, 0.3) is 0 Å². The fourth-order valence-electron chi connectivity index (χ4n) is 5.00. The van der Waals surface area contributed by atoms with Crippen molar-refractivity contribution in [2.45, 2.75) is 20.8 Å². The molecule has 0 heterocycles. The molecule has 0 saturated carbocycles. The summed E-state index contributed by atoms with van der Waals surface area (Å²) in [5, 5.41) is 17.5. The van der Waals surface area contributed by atoms with Crippen LogP contribution >= 0.6 is 0 Å². The molecule has 5 rings (SSSR count). The number of hydrogen-bond acceptors (Lipinski definition) is 8. The van der Waals surface area contributed by atoms with E-state index in [-0.39, 0.29) is 5.41 Å². The number of allylic oxidation sites excluding steroid dienone is 16. The Bertz CT molecular complexity index is 1640. The predicted molar refractivity (Wildman–Crippen MR) is 164 cm³/mol. The first-order chi connectivity index (χ1) is 20.4. The Morgan fingerprint density at radius 3 is 1.64 bits per heavy atom. The Morgan fingerprint density at radius 1 is 0.600 bits per heavy atom. The quantitative estimate of drug-likeness (QED) is 0.114. The van der Waals surface area contributed by atoms with E-state index in [0.29, 0.717) is 0 Å². The van der Waals surface area contributed by atoms with Gasteiger partial charge in [-0.05, 0) is 0 Å². The monoisotopic (exact) mass is 1480 g/mol. The average Bonchev–Trinajstić information content (AvgIpc) is 3.23. The van der Waals surface area contributed by atoms with Gasteiger partial charge >= 0.3 is 266 Å². The molecule has 5 aliphatic carbocycles. The standard InChI is InChI=1S/C31H25IN8.2Al.3Lr/c1-20-14-23(6-7-24(15-20)37-33)35-18-32-19-36-29-12-13-30(28-11-5-22-4-10-27(29)31(22,28)3)40-39-26-9-8-25(38-34)16-21(2)17-26;;;;;/h4-19H,1-3H3;;;;;/q-6;2*+1;;;. The van der Waals surface area contributed by atoms with Gasteiger partial charge in [0.15, 0.2) is 0 Å². The van der Waals surface area contributed by atoms with Gasteiger partial charge in [0.1, 0.15) is 0 Å². The van der Waals surface area contributed by atoms with Gasteiger partial charge in [0.2, 0.25) is 0 Å². The van der Waals surface area contributed by atoms with Gasteiger partial charge in [-0.15, -0.1) is 0 Å².